The van der Waals surface area contributed by atoms with Crippen LogP contribution in [0.1, 0.15) is 48.9 Å². The summed E-state index contributed by atoms with van der Waals surface area (Å²) in [7, 11) is 0. The zero-order valence-electron chi connectivity index (χ0n) is 10.4. The third-order valence-electron chi connectivity index (χ3n) is 3.79. The van der Waals surface area contributed by atoms with E-state index < -0.39 is 5.79 Å². The normalized spacial score (nSPS) is 30.8. The lowest BCUT2D eigenvalue weighted by atomic mass is 9.98. The minimum Gasteiger partial charge on any atom is -0.427 e. The maximum atomic E-state index is 12.0. The smallest absolute Gasteiger partial charge is 0.340 e. The van der Waals surface area contributed by atoms with Crippen LogP contribution in [0.15, 0.2) is 30.3 Å². The first-order chi connectivity index (χ1) is 8.80. The molecule has 3 rings (SSSR count). The van der Waals surface area contributed by atoms with E-state index in [0.717, 1.165) is 19.3 Å². The molecule has 0 unspecified atom stereocenters. The molecule has 1 aromatic rings. The Bertz CT molecular complexity index is 429. The summed E-state index contributed by atoms with van der Waals surface area (Å²) in [4.78, 5) is 12.0. The van der Waals surface area contributed by atoms with Gasteiger partial charge in [-0.25, -0.2) is 4.79 Å². The van der Waals surface area contributed by atoms with Crippen LogP contribution in [-0.2, 0) is 9.47 Å². The van der Waals surface area contributed by atoms with Crippen molar-refractivity contribution in [3.63, 3.8) is 0 Å². The van der Waals surface area contributed by atoms with E-state index in [1.54, 1.807) is 12.1 Å². The molecule has 1 aliphatic carbocycles. The van der Waals surface area contributed by atoms with Gasteiger partial charge < -0.3 is 9.47 Å². The number of esters is 1. The molecular formula is C15H18O3. The molecule has 0 amide bonds. The number of carbonyl (C=O) groups excluding carboxylic acids is 1. The topological polar surface area (TPSA) is 38.8 Å². The quantitative estimate of drug-likeness (QED) is 0.593. The minimum absolute atomic E-state index is 0.130. The highest BCUT2D eigenvalue weighted by Gasteiger charge is 2.59. The summed E-state index contributed by atoms with van der Waals surface area (Å²) < 4.78 is 11.3. The Balaban J connectivity index is 1.67. The van der Waals surface area contributed by atoms with Gasteiger partial charge in [-0.2, -0.15) is 0 Å². The van der Waals surface area contributed by atoms with Crippen LogP contribution in [0.4, 0.5) is 0 Å². The monoisotopic (exact) mass is 246 g/mol. The highest BCUT2D eigenvalue weighted by molar-refractivity contribution is 5.89. The Morgan fingerprint density at radius 1 is 1.17 bits per heavy atom. The largest absolute Gasteiger partial charge is 0.427 e. The Labute approximate surface area is 107 Å². The van der Waals surface area contributed by atoms with Crippen molar-refractivity contribution in [2.75, 3.05) is 0 Å². The maximum absolute atomic E-state index is 12.0. The zero-order chi connectivity index (χ0) is 12.4. The Morgan fingerprint density at radius 2 is 1.94 bits per heavy atom. The van der Waals surface area contributed by atoms with Crippen LogP contribution in [0.2, 0.25) is 0 Å². The van der Waals surface area contributed by atoms with E-state index in [2.05, 4.69) is 0 Å². The first-order valence-corrected chi connectivity index (χ1v) is 6.76. The van der Waals surface area contributed by atoms with Gasteiger partial charge in [-0.15, -0.1) is 0 Å². The molecule has 1 heterocycles. The number of rotatable bonds is 2. The molecule has 0 spiro atoms. The summed E-state index contributed by atoms with van der Waals surface area (Å²) >= 11 is 0. The van der Waals surface area contributed by atoms with E-state index >= 15 is 0 Å². The molecule has 0 bridgehead atoms. The van der Waals surface area contributed by atoms with Gasteiger partial charge in [0.05, 0.1) is 5.56 Å². The first kappa shape index (κ1) is 11.7. The second-order valence-electron chi connectivity index (χ2n) is 5.13. The van der Waals surface area contributed by atoms with Gasteiger partial charge >= 0.3 is 5.97 Å². The molecule has 18 heavy (non-hydrogen) atoms. The fraction of sp³-hybridized carbons (Fsp3) is 0.533. The lowest BCUT2D eigenvalue weighted by Gasteiger charge is -2.16. The van der Waals surface area contributed by atoms with Crippen LogP contribution in [0, 0.1) is 0 Å². The summed E-state index contributed by atoms with van der Waals surface area (Å²) in [6.07, 6.45) is 6.72. The number of fused-ring (bicyclic) bond motifs is 1. The number of hydrogen-bond acceptors (Lipinski definition) is 3. The van der Waals surface area contributed by atoms with Crippen LogP contribution in [-0.4, -0.2) is 17.9 Å². The Morgan fingerprint density at radius 3 is 2.78 bits per heavy atom. The second kappa shape index (κ2) is 4.73. The average molecular weight is 246 g/mol. The van der Waals surface area contributed by atoms with E-state index in [-0.39, 0.29) is 12.1 Å². The first-order valence-electron chi connectivity index (χ1n) is 6.76. The van der Waals surface area contributed by atoms with Gasteiger partial charge in [0.25, 0.3) is 0 Å². The highest BCUT2D eigenvalue weighted by Crippen LogP contribution is 2.46. The molecule has 0 aromatic heterocycles. The van der Waals surface area contributed by atoms with Gasteiger partial charge in [-0.1, -0.05) is 37.5 Å². The molecule has 2 atom stereocenters. The van der Waals surface area contributed by atoms with Crippen LogP contribution in [0.5, 0.6) is 0 Å². The molecule has 96 valence electrons. The van der Waals surface area contributed by atoms with Crippen molar-refractivity contribution in [2.24, 2.45) is 0 Å². The number of ether oxygens (including phenoxy) is 2. The third kappa shape index (κ3) is 2.27. The van der Waals surface area contributed by atoms with E-state index in [1.807, 2.05) is 18.2 Å². The zero-order valence-corrected chi connectivity index (χ0v) is 10.4. The number of hydrogen-bond donors (Lipinski definition) is 0. The molecule has 0 radical (unpaired) electrons. The summed E-state index contributed by atoms with van der Waals surface area (Å²) in [6.45, 7) is 0. The van der Waals surface area contributed by atoms with Gasteiger partial charge in [0, 0.05) is 6.42 Å². The van der Waals surface area contributed by atoms with Crippen molar-refractivity contribution in [1.82, 2.24) is 0 Å². The average Bonchev–Trinajstić information content (AvgIpc) is 3.03. The third-order valence-corrected chi connectivity index (χ3v) is 3.79. The van der Waals surface area contributed by atoms with Crippen molar-refractivity contribution in [3.8, 4) is 0 Å². The van der Waals surface area contributed by atoms with Gasteiger partial charge in [0.15, 0.2) is 0 Å². The fourth-order valence-electron chi connectivity index (χ4n) is 2.69. The maximum Gasteiger partial charge on any atom is 0.340 e. The predicted octanol–water partition coefficient (Wildman–Crippen LogP) is 3.29. The van der Waals surface area contributed by atoms with Crippen molar-refractivity contribution in [2.45, 2.75) is 50.4 Å². The van der Waals surface area contributed by atoms with Crippen LogP contribution < -0.4 is 0 Å². The number of carbonyl (C=O) groups is 1. The van der Waals surface area contributed by atoms with Gasteiger partial charge in [-0.3, -0.25) is 0 Å². The molecule has 0 N–H and O–H groups in total. The molecule has 2 aliphatic rings. The van der Waals surface area contributed by atoms with Crippen LogP contribution >= 0.6 is 0 Å². The second-order valence-corrected chi connectivity index (χ2v) is 5.13. The summed E-state index contributed by atoms with van der Waals surface area (Å²) in [5, 5.41) is 0. The molecule has 3 nitrogen and oxygen atoms in total. The molecule has 1 saturated carbocycles. The molecule has 3 heteroatoms. The summed E-state index contributed by atoms with van der Waals surface area (Å²) in [5.41, 5.74) is 0.600. The SMILES string of the molecule is O=C(O[C@]12CCCCCC[C@@H]1O2)c1ccccc1. The Kier molecular flexibility index (Phi) is 3.08. The minimum atomic E-state index is -0.604. The van der Waals surface area contributed by atoms with Gasteiger partial charge in [0.2, 0.25) is 5.79 Å². The van der Waals surface area contributed by atoms with Crippen molar-refractivity contribution in [1.29, 1.82) is 0 Å². The van der Waals surface area contributed by atoms with Crippen molar-refractivity contribution in [3.05, 3.63) is 35.9 Å². The molecule has 1 aromatic carbocycles. The highest BCUT2D eigenvalue weighted by atomic mass is 16.8. The lowest BCUT2D eigenvalue weighted by molar-refractivity contribution is -0.0237. The van der Waals surface area contributed by atoms with Crippen LogP contribution in [0.3, 0.4) is 0 Å². The van der Waals surface area contributed by atoms with E-state index in [9.17, 15) is 4.79 Å². The van der Waals surface area contributed by atoms with Crippen LogP contribution in [0.25, 0.3) is 0 Å². The number of benzene rings is 1. The van der Waals surface area contributed by atoms with Crippen molar-refractivity contribution < 1.29 is 14.3 Å². The Hall–Kier alpha value is -1.35. The molecule has 2 fully saturated rings. The molecule has 1 aliphatic heterocycles. The van der Waals surface area contributed by atoms with E-state index in [1.165, 1.54) is 19.3 Å². The van der Waals surface area contributed by atoms with Gasteiger partial charge in [0.1, 0.15) is 6.10 Å². The predicted molar refractivity (Wildman–Crippen MR) is 67.2 cm³/mol. The summed E-state index contributed by atoms with van der Waals surface area (Å²) in [6, 6.07) is 9.13. The van der Waals surface area contributed by atoms with Crippen molar-refractivity contribution >= 4 is 5.97 Å². The van der Waals surface area contributed by atoms with Gasteiger partial charge in [-0.05, 0) is 25.0 Å². The summed E-state index contributed by atoms with van der Waals surface area (Å²) in [5.74, 6) is -0.869. The fourth-order valence-corrected chi connectivity index (χ4v) is 2.69. The van der Waals surface area contributed by atoms with E-state index in [0.29, 0.717) is 5.56 Å². The lowest BCUT2D eigenvalue weighted by Crippen LogP contribution is -2.25. The molecule has 1 saturated heterocycles. The van der Waals surface area contributed by atoms with E-state index in [4.69, 9.17) is 9.47 Å². The number of epoxide rings is 1. The standard InChI is InChI=1S/C15H18O3/c16-14(12-8-4-3-5-9-12)18-15-11-7-2-1-6-10-13(15)17-15/h3-5,8-9,13H,1-2,6-7,10-11H2/t13-,15+/m0/s1. The molecular weight excluding hydrogens is 228 g/mol.